The number of nitrogens with one attached hydrogen (secondary N) is 1. The number of benzene rings is 3. The molecular formula is C24H22N4O3S2. The van der Waals surface area contributed by atoms with Gasteiger partial charge in [-0.15, -0.1) is 10.2 Å². The van der Waals surface area contributed by atoms with E-state index in [1.54, 1.807) is 42.5 Å². The van der Waals surface area contributed by atoms with Gasteiger partial charge in [-0.1, -0.05) is 77.1 Å². The van der Waals surface area contributed by atoms with Crippen molar-refractivity contribution in [1.29, 1.82) is 0 Å². The summed E-state index contributed by atoms with van der Waals surface area (Å²) in [7, 11) is -3.96. The molecule has 3 aromatic carbocycles. The first-order chi connectivity index (χ1) is 15.8. The molecule has 0 spiro atoms. The molecule has 9 heteroatoms. The van der Waals surface area contributed by atoms with Gasteiger partial charge < -0.3 is 0 Å². The van der Waals surface area contributed by atoms with Gasteiger partial charge in [0.15, 0.2) is 0 Å². The van der Waals surface area contributed by atoms with Gasteiger partial charge in [0.05, 0.1) is 10.6 Å². The molecule has 0 saturated heterocycles. The quantitative estimate of drug-likeness (QED) is 0.417. The van der Waals surface area contributed by atoms with E-state index in [1.165, 1.54) is 23.5 Å². The Kier molecular flexibility index (Phi) is 6.52. The van der Waals surface area contributed by atoms with Crippen LogP contribution in [0.1, 0.15) is 11.1 Å². The van der Waals surface area contributed by atoms with E-state index in [9.17, 15) is 13.2 Å². The molecule has 1 aromatic heterocycles. The number of nitrogens with zero attached hydrogens (tertiary/aromatic N) is 3. The summed E-state index contributed by atoms with van der Waals surface area (Å²) < 4.78 is 27.8. The Bertz CT molecular complexity index is 1350. The summed E-state index contributed by atoms with van der Waals surface area (Å²) >= 11 is 1.23. The number of hydrogen-bond acceptors (Lipinski definition) is 6. The fourth-order valence-electron chi connectivity index (χ4n) is 3.12. The van der Waals surface area contributed by atoms with Crippen molar-refractivity contribution in [2.75, 3.05) is 16.2 Å². The van der Waals surface area contributed by atoms with Crippen LogP contribution in [0, 0.1) is 13.8 Å². The molecule has 0 aliphatic rings. The molecule has 4 aromatic rings. The van der Waals surface area contributed by atoms with Crippen molar-refractivity contribution in [3.63, 3.8) is 0 Å². The van der Waals surface area contributed by atoms with Crippen LogP contribution in [0.2, 0.25) is 0 Å². The Morgan fingerprint density at radius 2 is 1.48 bits per heavy atom. The van der Waals surface area contributed by atoms with Crippen LogP contribution in [0.15, 0.2) is 83.8 Å². The zero-order valence-electron chi connectivity index (χ0n) is 18.1. The van der Waals surface area contributed by atoms with Gasteiger partial charge in [0.1, 0.15) is 11.6 Å². The van der Waals surface area contributed by atoms with Crippen molar-refractivity contribution < 1.29 is 13.2 Å². The third kappa shape index (κ3) is 5.27. The zero-order valence-corrected chi connectivity index (χ0v) is 19.7. The van der Waals surface area contributed by atoms with E-state index < -0.39 is 22.5 Å². The Labute approximate surface area is 196 Å². The molecule has 0 atom stereocenters. The van der Waals surface area contributed by atoms with Crippen LogP contribution in [-0.4, -0.2) is 31.1 Å². The van der Waals surface area contributed by atoms with Gasteiger partial charge in [-0.25, -0.2) is 8.42 Å². The van der Waals surface area contributed by atoms with E-state index in [1.807, 2.05) is 38.1 Å². The standard InChI is InChI=1S/C24H22N4O3S2/c1-17-8-12-19(13-9-17)23-26-27-24(32-23)25-22(29)16-28(20-14-10-18(2)11-15-20)33(30,31)21-6-4-3-5-7-21/h3-15H,16H2,1-2H3,(H,25,27,29). The van der Waals surface area contributed by atoms with Crippen molar-refractivity contribution >= 4 is 38.1 Å². The van der Waals surface area contributed by atoms with E-state index in [4.69, 9.17) is 0 Å². The van der Waals surface area contributed by atoms with Gasteiger partial charge in [-0.3, -0.25) is 14.4 Å². The predicted molar refractivity (Wildman–Crippen MR) is 131 cm³/mol. The average molecular weight is 479 g/mol. The molecule has 0 unspecified atom stereocenters. The lowest BCUT2D eigenvalue weighted by Crippen LogP contribution is -2.38. The summed E-state index contributed by atoms with van der Waals surface area (Å²) in [6.45, 7) is 3.51. The third-order valence-electron chi connectivity index (χ3n) is 4.91. The molecule has 0 saturated carbocycles. The number of amides is 1. The third-order valence-corrected chi connectivity index (χ3v) is 7.59. The lowest BCUT2D eigenvalue weighted by molar-refractivity contribution is -0.114. The van der Waals surface area contributed by atoms with Crippen LogP contribution in [0.3, 0.4) is 0 Å². The summed E-state index contributed by atoms with van der Waals surface area (Å²) in [5, 5.41) is 11.8. The first-order valence-electron chi connectivity index (χ1n) is 10.2. The molecule has 33 heavy (non-hydrogen) atoms. The van der Waals surface area contributed by atoms with Gasteiger partial charge in [0.25, 0.3) is 10.0 Å². The Hall–Kier alpha value is -3.56. The monoisotopic (exact) mass is 478 g/mol. The van der Waals surface area contributed by atoms with Gasteiger partial charge in [0.2, 0.25) is 11.0 Å². The van der Waals surface area contributed by atoms with Gasteiger partial charge in [-0.05, 0) is 38.1 Å². The highest BCUT2D eigenvalue weighted by Gasteiger charge is 2.27. The Balaban J connectivity index is 1.57. The minimum absolute atomic E-state index is 0.107. The summed E-state index contributed by atoms with van der Waals surface area (Å²) in [4.78, 5) is 13.0. The number of sulfonamides is 1. The molecule has 168 valence electrons. The summed E-state index contributed by atoms with van der Waals surface area (Å²) in [5.41, 5.74) is 3.41. The van der Waals surface area contributed by atoms with E-state index >= 15 is 0 Å². The molecular weight excluding hydrogens is 456 g/mol. The van der Waals surface area contributed by atoms with Gasteiger partial charge in [-0.2, -0.15) is 0 Å². The second-order valence-corrected chi connectivity index (χ2v) is 10.3. The maximum Gasteiger partial charge on any atom is 0.264 e. The fourth-order valence-corrected chi connectivity index (χ4v) is 5.33. The van der Waals surface area contributed by atoms with Crippen LogP contribution in [-0.2, 0) is 14.8 Å². The number of carbonyl (C=O) groups is 1. The normalized spacial score (nSPS) is 11.2. The lowest BCUT2D eigenvalue weighted by Gasteiger charge is -2.24. The number of hydrogen-bond donors (Lipinski definition) is 1. The molecule has 0 aliphatic heterocycles. The first kappa shape index (κ1) is 22.6. The largest absolute Gasteiger partial charge is 0.299 e. The highest BCUT2D eigenvalue weighted by molar-refractivity contribution is 7.92. The van der Waals surface area contributed by atoms with E-state index in [2.05, 4.69) is 15.5 Å². The number of aromatic nitrogens is 2. The smallest absolute Gasteiger partial charge is 0.264 e. The number of carbonyl (C=O) groups excluding carboxylic acids is 1. The number of anilines is 2. The van der Waals surface area contributed by atoms with Gasteiger partial charge in [0, 0.05) is 5.56 Å². The molecule has 7 nitrogen and oxygen atoms in total. The minimum atomic E-state index is -3.96. The number of aryl methyl sites for hydroxylation is 2. The lowest BCUT2D eigenvalue weighted by atomic mass is 10.2. The fraction of sp³-hybridized carbons (Fsp3) is 0.125. The molecule has 4 rings (SSSR count). The predicted octanol–water partition coefficient (Wildman–Crippen LogP) is 4.66. The van der Waals surface area contributed by atoms with E-state index in [0.717, 1.165) is 21.0 Å². The van der Waals surface area contributed by atoms with Crippen LogP contribution in [0.4, 0.5) is 10.8 Å². The Morgan fingerprint density at radius 1 is 0.879 bits per heavy atom. The maximum atomic E-state index is 13.3. The maximum absolute atomic E-state index is 13.3. The van der Waals surface area contributed by atoms with E-state index in [-0.39, 0.29) is 4.90 Å². The average Bonchev–Trinajstić information content (AvgIpc) is 3.27. The summed E-state index contributed by atoms with van der Waals surface area (Å²) in [5.74, 6) is -0.512. The van der Waals surface area contributed by atoms with Crippen LogP contribution < -0.4 is 9.62 Å². The Morgan fingerprint density at radius 3 is 2.12 bits per heavy atom. The van der Waals surface area contributed by atoms with Crippen molar-refractivity contribution in [3.8, 4) is 10.6 Å². The van der Waals surface area contributed by atoms with E-state index in [0.29, 0.717) is 15.8 Å². The highest BCUT2D eigenvalue weighted by Crippen LogP contribution is 2.27. The SMILES string of the molecule is Cc1ccc(-c2nnc(NC(=O)CN(c3ccc(C)cc3)S(=O)(=O)c3ccccc3)s2)cc1. The second-order valence-electron chi connectivity index (χ2n) is 7.49. The van der Waals surface area contributed by atoms with Crippen LogP contribution in [0.25, 0.3) is 10.6 Å². The van der Waals surface area contributed by atoms with Crippen molar-refractivity contribution in [3.05, 3.63) is 90.0 Å². The van der Waals surface area contributed by atoms with Gasteiger partial charge >= 0.3 is 0 Å². The van der Waals surface area contributed by atoms with Crippen molar-refractivity contribution in [1.82, 2.24) is 10.2 Å². The second kappa shape index (κ2) is 9.51. The molecule has 0 aliphatic carbocycles. The molecule has 0 fully saturated rings. The highest BCUT2D eigenvalue weighted by atomic mass is 32.2. The molecule has 0 bridgehead atoms. The molecule has 1 N–H and O–H groups in total. The van der Waals surface area contributed by atoms with Crippen LogP contribution >= 0.6 is 11.3 Å². The molecule has 0 radical (unpaired) electrons. The van der Waals surface area contributed by atoms with Crippen molar-refractivity contribution in [2.45, 2.75) is 18.7 Å². The summed E-state index contributed by atoms with van der Waals surface area (Å²) in [6.07, 6.45) is 0. The topological polar surface area (TPSA) is 92.3 Å². The van der Waals surface area contributed by atoms with Crippen molar-refractivity contribution in [2.24, 2.45) is 0 Å². The molecule has 1 amide bonds. The zero-order chi connectivity index (χ0) is 23.4. The molecule has 1 heterocycles. The number of rotatable bonds is 7. The van der Waals surface area contributed by atoms with Crippen LogP contribution in [0.5, 0.6) is 0 Å². The summed E-state index contributed by atoms with van der Waals surface area (Å²) in [6, 6.07) is 22.9. The minimum Gasteiger partial charge on any atom is -0.299 e. The first-order valence-corrected chi connectivity index (χ1v) is 12.4.